The number of carbonyl (C=O) groups excluding carboxylic acids is 3. The molecule has 0 bridgehead atoms. The van der Waals surface area contributed by atoms with E-state index in [4.69, 9.17) is 0 Å². The van der Waals surface area contributed by atoms with Gasteiger partial charge in [-0.05, 0) is 46.7 Å². The number of nitrogens with zero attached hydrogens (tertiary/aromatic N) is 2. The maximum atomic E-state index is 12.3. The van der Waals surface area contributed by atoms with Crippen molar-refractivity contribution in [1.82, 2.24) is 20.4 Å². The van der Waals surface area contributed by atoms with Crippen LogP contribution in [0.1, 0.15) is 33.6 Å². The highest BCUT2D eigenvalue weighted by molar-refractivity contribution is 5.96. The Bertz CT molecular complexity index is 402. The normalized spacial score (nSPS) is 17.6. The highest BCUT2D eigenvalue weighted by Gasteiger charge is 2.31. The SMILES string of the molecule is CCN(CC)C(=O)C1CCN(C(C)C(=O)NC(=O)NC)CC1. The number of hydrogen-bond acceptors (Lipinski definition) is 4. The van der Waals surface area contributed by atoms with Gasteiger partial charge in [0.05, 0.1) is 6.04 Å². The van der Waals surface area contributed by atoms with Crippen molar-refractivity contribution in [2.45, 2.75) is 39.7 Å². The largest absolute Gasteiger partial charge is 0.343 e. The van der Waals surface area contributed by atoms with Crippen LogP contribution in [0, 0.1) is 5.92 Å². The van der Waals surface area contributed by atoms with E-state index in [1.807, 2.05) is 23.6 Å². The van der Waals surface area contributed by atoms with E-state index in [0.29, 0.717) is 13.1 Å². The van der Waals surface area contributed by atoms with Crippen molar-refractivity contribution in [3.8, 4) is 0 Å². The zero-order valence-electron chi connectivity index (χ0n) is 14.0. The number of piperidine rings is 1. The number of likely N-dealkylation sites (tertiary alicyclic amines) is 1. The van der Waals surface area contributed by atoms with Crippen LogP contribution in [0.2, 0.25) is 0 Å². The monoisotopic (exact) mass is 312 g/mol. The van der Waals surface area contributed by atoms with Crippen molar-refractivity contribution in [3.05, 3.63) is 0 Å². The van der Waals surface area contributed by atoms with Gasteiger partial charge < -0.3 is 10.2 Å². The predicted molar refractivity (Wildman–Crippen MR) is 84.3 cm³/mol. The minimum atomic E-state index is -0.497. The Morgan fingerprint density at radius 2 is 1.73 bits per heavy atom. The average Bonchev–Trinajstić information content (AvgIpc) is 2.55. The zero-order valence-corrected chi connectivity index (χ0v) is 14.0. The van der Waals surface area contributed by atoms with Gasteiger partial charge in [-0.1, -0.05) is 0 Å². The Morgan fingerprint density at radius 1 is 1.18 bits per heavy atom. The number of hydrogen-bond donors (Lipinski definition) is 2. The molecule has 0 aromatic carbocycles. The number of carbonyl (C=O) groups is 3. The molecule has 1 aliphatic heterocycles. The third-order valence-corrected chi connectivity index (χ3v) is 4.34. The topological polar surface area (TPSA) is 81.8 Å². The Hall–Kier alpha value is -1.63. The van der Waals surface area contributed by atoms with Gasteiger partial charge in [0.15, 0.2) is 0 Å². The van der Waals surface area contributed by atoms with Crippen molar-refractivity contribution in [2.24, 2.45) is 5.92 Å². The minimum absolute atomic E-state index is 0.0466. The molecule has 0 aromatic rings. The molecule has 4 amide bonds. The van der Waals surface area contributed by atoms with Gasteiger partial charge in [-0.25, -0.2) is 4.79 Å². The molecule has 1 fully saturated rings. The lowest BCUT2D eigenvalue weighted by Crippen LogP contribution is -2.52. The van der Waals surface area contributed by atoms with E-state index in [2.05, 4.69) is 10.6 Å². The Morgan fingerprint density at radius 3 is 2.18 bits per heavy atom. The number of imide groups is 1. The first kappa shape index (κ1) is 18.4. The Labute approximate surface area is 132 Å². The first-order valence-corrected chi connectivity index (χ1v) is 7.99. The number of urea groups is 1. The van der Waals surface area contributed by atoms with Crippen molar-refractivity contribution in [2.75, 3.05) is 33.2 Å². The van der Waals surface area contributed by atoms with E-state index < -0.39 is 6.03 Å². The number of nitrogens with one attached hydrogen (secondary N) is 2. The Kier molecular flexibility index (Phi) is 7.31. The van der Waals surface area contributed by atoms with Gasteiger partial charge in [-0.15, -0.1) is 0 Å². The van der Waals surface area contributed by atoms with Crippen LogP contribution < -0.4 is 10.6 Å². The fourth-order valence-corrected chi connectivity index (χ4v) is 2.77. The van der Waals surface area contributed by atoms with Crippen LogP contribution >= 0.6 is 0 Å². The molecule has 0 aromatic heterocycles. The second kappa shape index (κ2) is 8.73. The predicted octanol–water partition coefficient (Wildman–Crippen LogP) is 0.411. The molecule has 1 rings (SSSR count). The molecule has 2 N–H and O–H groups in total. The smallest absolute Gasteiger partial charge is 0.321 e. The third kappa shape index (κ3) is 4.69. The first-order chi connectivity index (χ1) is 10.4. The highest BCUT2D eigenvalue weighted by atomic mass is 16.2. The molecule has 0 spiro atoms. The van der Waals surface area contributed by atoms with Gasteiger partial charge in [0.2, 0.25) is 11.8 Å². The van der Waals surface area contributed by atoms with E-state index in [9.17, 15) is 14.4 Å². The molecule has 0 radical (unpaired) electrons. The van der Waals surface area contributed by atoms with Gasteiger partial charge in [0, 0.05) is 26.1 Å². The number of amides is 4. The van der Waals surface area contributed by atoms with Crippen molar-refractivity contribution in [3.63, 3.8) is 0 Å². The standard InChI is InChI=1S/C15H28N4O3/c1-5-18(6-2)14(21)12-7-9-19(10-8-12)11(3)13(20)17-15(22)16-4/h11-12H,5-10H2,1-4H3,(H2,16,17,20,22). The van der Waals surface area contributed by atoms with Gasteiger partial charge >= 0.3 is 6.03 Å². The van der Waals surface area contributed by atoms with Crippen molar-refractivity contribution >= 4 is 17.8 Å². The summed E-state index contributed by atoms with van der Waals surface area (Å²) in [6, 6.07) is -0.870. The summed E-state index contributed by atoms with van der Waals surface area (Å²) in [7, 11) is 1.47. The molecule has 0 saturated carbocycles. The van der Waals surface area contributed by atoms with Gasteiger partial charge in [-0.3, -0.25) is 19.8 Å². The summed E-state index contributed by atoms with van der Waals surface area (Å²) >= 11 is 0. The summed E-state index contributed by atoms with van der Waals surface area (Å²) < 4.78 is 0. The fraction of sp³-hybridized carbons (Fsp3) is 0.800. The molecule has 1 aliphatic rings. The van der Waals surface area contributed by atoms with Gasteiger partial charge in [-0.2, -0.15) is 0 Å². The Balaban J connectivity index is 2.49. The molecule has 1 saturated heterocycles. The van der Waals surface area contributed by atoms with Crippen LogP contribution in [0.5, 0.6) is 0 Å². The van der Waals surface area contributed by atoms with E-state index in [1.165, 1.54) is 7.05 Å². The fourth-order valence-electron chi connectivity index (χ4n) is 2.77. The second-order valence-electron chi connectivity index (χ2n) is 5.57. The quantitative estimate of drug-likeness (QED) is 0.770. The van der Waals surface area contributed by atoms with Gasteiger partial charge in [0.1, 0.15) is 0 Å². The van der Waals surface area contributed by atoms with E-state index in [1.54, 1.807) is 6.92 Å². The molecule has 7 heteroatoms. The van der Waals surface area contributed by atoms with Gasteiger partial charge in [0.25, 0.3) is 0 Å². The molecular weight excluding hydrogens is 284 g/mol. The van der Waals surface area contributed by atoms with Crippen LogP contribution in [-0.4, -0.2) is 66.9 Å². The molecule has 126 valence electrons. The van der Waals surface area contributed by atoms with Crippen LogP contribution in [0.15, 0.2) is 0 Å². The third-order valence-electron chi connectivity index (χ3n) is 4.34. The summed E-state index contributed by atoms with van der Waals surface area (Å²) in [5, 5.41) is 4.65. The minimum Gasteiger partial charge on any atom is -0.343 e. The van der Waals surface area contributed by atoms with Crippen LogP contribution in [0.25, 0.3) is 0 Å². The van der Waals surface area contributed by atoms with Crippen molar-refractivity contribution in [1.29, 1.82) is 0 Å². The summed E-state index contributed by atoms with van der Waals surface area (Å²) in [5.74, 6) is -0.0506. The summed E-state index contributed by atoms with van der Waals surface area (Å²) in [5.41, 5.74) is 0. The molecule has 22 heavy (non-hydrogen) atoms. The highest BCUT2D eigenvalue weighted by Crippen LogP contribution is 2.21. The lowest BCUT2D eigenvalue weighted by atomic mass is 9.94. The molecule has 0 aliphatic carbocycles. The summed E-state index contributed by atoms with van der Waals surface area (Å²) in [4.78, 5) is 39.3. The maximum Gasteiger partial charge on any atom is 0.321 e. The summed E-state index contributed by atoms with van der Waals surface area (Å²) in [6.07, 6.45) is 1.51. The number of rotatable bonds is 5. The molecular formula is C15H28N4O3. The van der Waals surface area contributed by atoms with Crippen LogP contribution in [0.4, 0.5) is 4.79 Å². The van der Waals surface area contributed by atoms with Crippen LogP contribution in [-0.2, 0) is 9.59 Å². The van der Waals surface area contributed by atoms with E-state index in [0.717, 1.165) is 25.9 Å². The molecule has 1 unspecified atom stereocenters. The lowest BCUT2D eigenvalue weighted by Gasteiger charge is -2.36. The van der Waals surface area contributed by atoms with Crippen molar-refractivity contribution < 1.29 is 14.4 Å². The molecule has 1 heterocycles. The lowest BCUT2D eigenvalue weighted by molar-refractivity contribution is -0.137. The van der Waals surface area contributed by atoms with Crippen LogP contribution in [0.3, 0.4) is 0 Å². The first-order valence-electron chi connectivity index (χ1n) is 7.99. The van der Waals surface area contributed by atoms with E-state index in [-0.39, 0.29) is 23.8 Å². The summed E-state index contributed by atoms with van der Waals surface area (Å²) in [6.45, 7) is 8.62. The molecule has 1 atom stereocenters. The average molecular weight is 312 g/mol. The zero-order chi connectivity index (χ0) is 16.7. The maximum absolute atomic E-state index is 12.3. The molecule has 7 nitrogen and oxygen atoms in total. The van der Waals surface area contributed by atoms with E-state index >= 15 is 0 Å². The second-order valence-corrected chi connectivity index (χ2v) is 5.57.